The van der Waals surface area contributed by atoms with Gasteiger partial charge in [0.2, 0.25) is 0 Å². The molecule has 0 bridgehead atoms. The van der Waals surface area contributed by atoms with Crippen LogP contribution in [0.4, 0.5) is 4.79 Å². The van der Waals surface area contributed by atoms with E-state index in [1.165, 1.54) is 5.56 Å². The summed E-state index contributed by atoms with van der Waals surface area (Å²) in [6, 6.07) is 8.15. The minimum Gasteiger partial charge on any atom is -0.338 e. The average Bonchev–Trinajstić information content (AvgIpc) is 2.54. The molecule has 5 nitrogen and oxygen atoms in total. The van der Waals surface area contributed by atoms with Gasteiger partial charge in [-0.3, -0.25) is 4.90 Å². The van der Waals surface area contributed by atoms with Gasteiger partial charge in [-0.1, -0.05) is 23.7 Å². The maximum Gasteiger partial charge on any atom is 0.314 e. The molecule has 1 aliphatic rings. The van der Waals surface area contributed by atoms with Gasteiger partial charge in [0.25, 0.3) is 0 Å². The van der Waals surface area contributed by atoms with Crippen molar-refractivity contribution in [1.29, 1.82) is 0 Å². The van der Waals surface area contributed by atoms with Crippen LogP contribution in [0.2, 0.25) is 5.02 Å². The lowest BCUT2D eigenvalue weighted by atomic mass is 10.1. The largest absolute Gasteiger partial charge is 0.338 e. The SMILES string of the molecule is CN1CCN(C)C(CNC(=O)NCCCc2ccc(Cl)cc2)C1. The molecule has 6 heteroatoms. The molecule has 1 aromatic rings. The van der Waals surface area contributed by atoms with Gasteiger partial charge < -0.3 is 15.5 Å². The van der Waals surface area contributed by atoms with Crippen LogP contribution in [0.15, 0.2) is 24.3 Å². The lowest BCUT2D eigenvalue weighted by molar-refractivity contribution is 0.114. The number of urea groups is 1. The standard InChI is InChI=1S/C17H27ClN4O/c1-21-10-11-22(2)16(13-21)12-20-17(23)19-9-3-4-14-5-7-15(18)8-6-14/h5-8,16H,3-4,9-13H2,1-2H3,(H2,19,20,23). The first kappa shape index (κ1) is 18.0. The Morgan fingerprint density at radius 3 is 2.70 bits per heavy atom. The van der Waals surface area contributed by atoms with Crippen molar-refractivity contribution in [1.82, 2.24) is 20.4 Å². The summed E-state index contributed by atoms with van der Waals surface area (Å²) in [6.07, 6.45) is 1.86. The Hall–Kier alpha value is -1.30. The van der Waals surface area contributed by atoms with Crippen molar-refractivity contribution in [2.75, 3.05) is 46.8 Å². The number of benzene rings is 1. The third-order valence-corrected chi connectivity index (χ3v) is 4.57. The molecule has 0 aliphatic carbocycles. The van der Waals surface area contributed by atoms with E-state index < -0.39 is 0 Å². The summed E-state index contributed by atoms with van der Waals surface area (Å²) in [5.41, 5.74) is 1.24. The van der Waals surface area contributed by atoms with E-state index in [-0.39, 0.29) is 6.03 Å². The number of hydrogen-bond acceptors (Lipinski definition) is 3. The molecule has 1 heterocycles. The zero-order valence-electron chi connectivity index (χ0n) is 14.0. The zero-order valence-corrected chi connectivity index (χ0v) is 14.8. The Kier molecular flexibility index (Phi) is 7.15. The summed E-state index contributed by atoms with van der Waals surface area (Å²) < 4.78 is 0. The van der Waals surface area contributed by atoms with E-state index in [1.54, 1.807) is 0 Å². The molecule has 23 heavy (non-hydrogen) atoms. The molecule has 0 saturated carbocycles. The number of aryl methyl sites for hydroxylation is 1. The summed E-state index contributed by atoms with van der Waals surface area (Å²) in [5.74, 6) is 0. The maximum atomic E-state index is 11.9. The number of amides is 2. The number of halogens is 1. The maximum absolute atomic E-state index is 11.9. The van der Waals surface area contributed by atoms with E-state index in [1.807, 2.05) is 24.3 Å². The highest BCUT2D eigenvalue weighted by Gasteiger charge is 2.22. The number of likely N-dealkylation sites (N-methyl/N-ethyl adjacent to an activating group) is 2. The highest BCUT2D eigenvalue weighted by Crippen LogP contribution is 2.10. The Balaban J connectivity index is 1.58. The van der Waals surface area contributed by atoms with Crippen molar-refractivity contribution in [3.8, 4) is 0 Å². The lowest BCUT2D eigenvalue weighted by Crippen LogP contribution is -2.55. The van der Waals surface area contributed by atoms with E-state index in [0.29, 0.717) is 19.1 Å². The molecule has 1 fully saturated rings. The van der Waals surface area contributed by atoms with Crippen molar-refractivity contribution in [2.24, 2.45) is 0 Å². The van der Waals surface area contributed by atoms with E-state index in [0.717, 1.165) is 37.5 Å². The van der Waals surface area contributed by atoms with Gasteiger partial charge in [-0.25, -0.2) is 4.79 Å². The molecule has 1 atom stereocenters. The van der Waals surface area contributed by atoms with E-state index in [4.69, 9.17) is 11.6 Å². The second-order valence-electron chi connectivity index (χ2n) is 6.26. The van der Waals surface area contributed by atoms with Crippen LogP contribution in [0.3, 0.4) is 0 Å². The number of carbonyl (C=O) groups excluding carboxylic acids is 1. The van der Waals surface area contributed by atoms with Crippen molar-refractivity contribution in [3.05, 3.63) is 34.9 Å². The topological polar surface area (TPSA) is 47.6 Å². The van der Waals surface area contributed by atoms with Crippen LogP contribution in [0.1, 0.15) is 12.0 Å². The highest BCUT2D eigenvalue weighted by molar-refractivity contribution is 6.30. The molecular formula is C17H27ClN4O. The van der Waals surface area contributed by atoms with Crippen molar-refractivity contribution in [3.63, 3.8) is 0 Å². The van der Waals surface area contributed by atoms with Crippen LogP contribution in [0, 0.1) is 0 Å². The molecule has 0 radical (unpaired) electrons. The van der Waals surface area contributed by atoms with Crippen LogP contribution >= 0.6 is 11.6 Å². The molecule has 0 spiro atoms. The molecule has 2 N–H and O–H groups in total. The van der Waals surface area contributed by atoms with Gasteiger partial charge in [0.05, 0.1) is 0 Å². The quantitative estimate of drug-likeness (QED) is 0.778. The van der Waals surface area contributed by atoms with Gasteiger partial charge >= 0.3 is 6.03 Å². The van der Waals surface area contributed by atoms with Crippen molar-refractivity contribution in [2.45, 2.75) is 18.9 Å². The normalized spacial score (nSPS) is 19.5. The Bertz CT molecular complexity index is 494. The molecule has 1 saturated heterocycles. The Morgan fingerprint density at radius 1 is 1.22 bits per heavy atom. The first-order chi connectivity index (χ1) is 11.0. The number of nitrogens with one attached hydrogen (secondary N) is 2. The summed E-state index contributed by atoms with van der Waals surface area (Å²) in [6.45, 7) is 4.49. The second-order valence-corrected chi connectivity index (χ2v) is 6.70. The van der Waals surface area contributed by atoms with Crippen LogP contribution in [-0.2, 0) is 6.42 Å². The molecule has 128 valence electrons. The highest BCUT2D eigenvalue weighted by atomic mass is 35.5. The molecule has 1 aliphatic heterocycles. The summed E-state index contributed by atoms with van der Waals surface area (Å²) in [4.78, 5) is 16.5. The summed E-state index contributed by atoms with van der Waals surface area (Å²) in [7, 11) is 4.24. The van der Waals surface area contributed by atoms with Crippen LogP contribution in [0.25, 0.3) is 0 Å². The van der Waals surface area contributed by atoms with Gasteiger partial charge in [0.15, 0.2) is 0 Å². The number of piperazine rings is 1. The predicted molar refractivity (Wildman–Crippen MR) is 95.1 cm³/mol. The molecule has 0 aromatic heterocycles. The average molecular weight is 339 g/mol. The number of nitrogens with zero attached hydrogens (tertiary/aromatic N) is 2. The smallest absolute Gasteiger partial charge is 0.314 e. The third-order valence-electron chi connectivity index (χ3n) is 4.32. The van der Waals surface area contributed by atoms with Gasteiger partial charge in [0, 0.05) is 43.8 Å². The van der Waals surface area contributed by atoms with Crippen LogP contribution < -0.4 is 10.6 Å². The minimum atomic E-state index is -0.0808. The van der Waals surface area contributed by atoms with Gasteiger partial charge in [-0.05, 0) is 44.6 Å². The number of hydrogen-bond donors (Lipinski definition) is 2. The fourth-order valence-corrected chi connectivity index (χ4v) is 2.87. The zero-order chi connectivity index (χ0) is 16.7. The van der Waals surface area contributed by atoms with E-state index in [9.17, 15) is 4.79 Å². The number of rotatable bonds is 6. The molecule has 1 unspecified atom stereocenters. The van der Waals surface area contributed by atoms with Crippen molar-refractivity contribution < 1.29 is 4.79 Å². The molecule has 1 aromatic carbocycles. The van der Waals surface area contributed by atoms with Gasteiger partial charge in [-0.2, -0.15) is 0 Å². The predicted octanol–water partition coefficient (Wildman–Crippen LogP) is 1.82. The lowest BCUT2D eigenvalue weighted by Gasteiger charge is -2.37. The summed E-state index contributed by atoms with van der Waals surface area (Å²) in [5, 5.41) is 6.65. The van der Waals surface area contributed by atoms with Gasteiger partial charge in [-0.15, -0.1) is 0 Å². The Labute approximate surface area is 144 Å². The van der Waals surface area contributed by atoms with Crippen molar-refractivity contribution >= 4 is 17.6 Å². The van der Waals surface area contributed by atoms with Crippen LogP contribution in [-0.4, -0.2) is 68.7 Å². The Morgan fingerprint density at radius 2 is 1.96 bits per heavy atom. The molecular weight excluding hydrogens is 312 g/mol. The first-order valence-corrected chi connectivity index (χ1v) is 8.57. The monoisotopic (exact) mass is 338 g/mol. The third kappa shape index (κ3) is 6.37. The fraction of sp³-hybridized carbons (Fsp3) is 0.588. The van der Waals surface area contributed by atoms with Gasteiger partial charge in [0.1, 0.15) is 0 Å². The molecule has 2 rings (SSSR count). The first-order valence-electron chi connectivity index (χ1n) is 8.19. The minimum absolute atomic E-state index is 0.0808. The van der Waals surface area contributed by atoms with E-state index >= 15 is 0 Å². The number of carbonyl (C=O) groups is 1. The van der Waals surface area contributed by atoms with E-state index in [2.05, 4.69) is 34.5 Å². The second kappa shape index (κ2) is 9.11. The summed E-state index contributed by atoms with van der Waals surface area (Å²) >= 11 is 5.86. The van der Waals surface area contributed by atoms with Crippen LogP contribution in [0.5, 0.6) is 0 Å². The molecule has 2 amide bonds. The fourth-order valence-electron chi connectivity index (χ4n) is 2.74.